The van der Waals surface area contributed by atoms with Crippen molar-refractivity contribution in [2.45, 2.75) is 45.3 Å². The van der Waals surface area contributed by atoms with Crippen LogP contribution in [0, 0.1) is 0 Å². The zero-order valence-corrected chi connectivity index (χ0v) is 15.1. The Kier molecular flexibility index (Phi) is 5.62. The van der Waals surface area contributed by atoms with Gasteiger partial charge in [-0.05, 0) is 44.9 Å². The molecule has 1 atom stereocenters. The largest absolute Gasteiger partial charge is 0.479 e. The highest BCUT2D eigenvalue weighted by Gasteiger charge is 2.46. The first-order chi connectivity index (χ1) is 10.0. The second-order valence-electron chi connectivity index (χ2n) is 6.07. The fraction of sp³-hybridized carbons (Fsp3) is 0.500. The molecule has 1 aromatic rings. The van der Waals surface area contributed by atoms with Gasteiger partial charge in [0.2, 0.25) is 0 Å². The van der Waals surface area contributed by atoms with Crippen LogP contribution in [0.1, 0.15) is 39.7 Å². The van der Waals surface area contributed by atoms with Gasteiger partial charge in [-0.25, -0.2) is 9.59 Å². The Hall–Kier alpha value is -1.56. The number of carbonyl (C=O) groups excluding carboxylic acids is 1. The summed E-state index contributed by atoms with van der Waals surface area (Å²) in [5, 5.41) is 9.82. The van der Waals surface area contributed by atoms with E-state index in [9.17, 15) is 14.7 Å². The van der Waals surface area contributed by atoms with Crippen molar-refractivity contribution in [3.05, 3.63) is 34.3 Å². The zero-order valence-electron chi connectivity index (χ0n) is 13.5. The van der Waals surface area contributed by atoms with Gasteiger partial charge in [0, 0.05) is 11.5 Å². The van der Waals surface area contributed by atoms with E-state index in [-0.39, 0.29) is 6.42 Å². The molecule has 22 heavy (non-hydrogen) atoms. The number of carbonyl (C=O) groups is 2. The highest BCUT2D eigenvalue weighted by molar-refractivity contribution is 9.10. The highest BCUT2D eigenvalue weighted by Crippen LogP contribution is 2.34. The normalized spacial score (nSPS) is 14.1. The van der Waals surface area contributed by atoms with Crippen LogP contribution in [0.3, 0.4) is 0 Å². The van der Waals surface area contributed by atoms with Crippen molar-refractivity contribution in [1.82, 2.24) is 4.90 Å². The average molecular weight is 372 g/mol. The molecule has 0 aromatic heterocycles. The third kappa shape index (κ3) is 3.80. The smallest absolute Gasteiger partial charge is 0.411 e. The van der Waals surface area contributed by atoms with E-state index in [4.69, 9.17) is 4.74 Å². The fourth-order valence-electron chi connectivity index (χ4n) is 2.29. The van der Waals surface area contributed by atoms with Gasteiger partial charge in [0.25, 0.3) is 0 Å². The summed E-state index contributed by atoms with van der Waals surface area (Å²) < 4.78 is 6.07. The number of halogens is 1. The van der Waals surface area contributed by atoms with Crippen LogP contribution in [0.4, 0.5) is 4.79 Å². The molecule has 1 aromatic carbocycles. The molecule has 0 aliphatic carbocycles. The number of amides is 1. The van der Waals surface area contributed by atoms with Gasteiger partial charge in [-0.15, -0.1) is 0 Å². The summed E-state index contributed by atoms with van der Waals surface area (Å²) >= 11 is 3.34. The molecule has 1 N–H and O–H groups in total. The first kappa shape index (κ1) is 18.5. The summed E-state index contributed by atoms with van der Waals surface area (Å²) in [4.78, 5) is 25.5. The lowest BCUT2D eigenvalue weighted by molar-refractivity contribution is -0.151. The quantitative estimate of drug-likeness (QED) is 0.868. The maximum absolute atomic E-state index is 12.4. The van der Waals surface area contributed by atoms with Crippen LogP contribution in [0.2, 0.25) is 0 Å². The lowest BCUT2D eigenvalue weighted by Gasteiger charge is -2.38. The molecule has 0 spiro atoms. The van der Waals surface area contributed by atoms with Gasteiger partial charge in [-0.2, -0.15) is 0 Å². The predicted octanol–water partition coefficient (Wildman–Crippen LogP) is 4.01. The van der Waals surface area contributed by atoms with Crippen LogP contribution in [0.5, 0.6) is 0 Å². The maximum atomic E-state index is 12.4. The standard InChI is InChI=1S/C16H22BrNO4/c1-6-16(13(19)20,11-8-7-9-12(17)10-11)18(5)14(21)22-15(2,3)4/h7-10H,6H2,1-5H3,(H,19,20). The Morgan fingerprint density at radius 2 is 1.91 bits per heavy atom. The molecule has 1 unspecified atom stereocenters. The van der Waals surface area contributed by atoms with Crippen molar-refractivity contribution in [2.75, 3.05) is 7.05 Å². The molecular weight excluding hydrogens is 350 g/mol. The van der Waals surface area contributed by atoms with Crippen molar-refractivity contribution >= 4 is 28.0 Å². The van der Waals surface area contributed by atoms with Crippen LogP contribution in [0.25, 0.3) is 0 Å². The lowest BCUT2D eigenvalue weighted by atomic mass is 9.86. The van der Waals surface area contributed by atoms with Crippen molar-refractivity contribution in [3.8, 4) is 0 Å². The molecule has 1 rings (SSSR count). The number of rotatable bonds is 4. The molecular formula is C16H22BrNO4. The Balaban J connectivity index is 3.34. The number of hydrogen-bond donors (Lipinski definition) is 1. The Bertz CT molecular complexity index is 568. The molecule has 0 radical (unpaired) electrons. The zero-order chi connectivity index (χ0) is 17.1. The second-order valence-corrected chi connectivity index (χ2v) is 6.98. The third-order valence-electron chi connectivity index (χ3n) is 3.41. The Labute approximate surface area is 139 Å². The summed E-state index contributed by atoms with van der Waals surface area (Å²) in [6.07, 6.45) is -0.453. The summed E-state index contributed by atoms with van der Waals surface area (Å²) in [5.41, 5.74) is -1.66. The minimum absolute atomic E-state index is 0.217. The minimum atomic E-state index is -1.48. The summed E-state index contributed by atoms with van der Waals surface area (Å²) in [5.74, 6) is -1.10. The second kappa shape index (κ2) is 6.69. The Morgan fingerprint density at radius 3 is 2.32 bits per heavy atom. The maximum Gasteiger partial charge on any atom is 0.411 e. The van der Waals surface area contributed by atoms with Gasteiger partial charge >= 0.3 is 12.1 Å². The van der Waals surface area contributed by atoms with Gasteiger partial charge in [-0.3, -0.25) is 4.90 Å². The number of hydrogen-bond acceptors (Lipinski definition) is 3. The predicted molar refractivity (Wildman–Crippen MR) is 87.7 cm³/mol. The van der Waals surface area contributed by atoms with Gasteiger partial charge in [0.15, 0.2) is 5.54 Å². The minimum Gasteiger partial charge on any atom is -0.479 e. The summed E-state index contributed by atoms with van der Waals surface area (Å²) in [7, 11) is 1.45. The van der Waals surface area contributed by atoms with Gasteiger partial charge in [-0.1, -0.05) is 35.0 Å². The van der Waals surface area contributed by atoms with Crippen molar-refractivity contribution < 1.29 is 19.4 Å². The van der Waals surface area contributed by atoms with Crippen LogP contribution >= 0.6 is 15.9 Å². The van der Waals surface area contributed by atoms with Gasteiger partial charge < -0.3 is 9.84 Å². The van der Waals surface area contributed by atoms with E-state index in [0.29, 0.717) is 5.56 Å². The van der Waals surface area contributed by atoms with Gasteiger partial charge in [0.05, 0.1) is 0 Å². The SMILES string of the molecule is CCC(C(=O)O)(c1cccc(Br)c1)N(C)C(=O)OC(C)(C)C. The van der Waals surface area contributed by atoms with E-state index in [1.54, 1.807) is 52.0 Å². The van der Waals surface area contributed by atoms with Crippen molar-refractivity contribution in [1.29, 1.82) is 0 Å². The number of carboxylic acids is 1. The Morgan fingerprint density at radius 1 is 1.32 bits per heavy atom. The molecule has 0 saturated heterocycles. The summed E-state index contributed by atoms with van der Waals surface area (Å²) in [6.45, 7) is 6.96. The molecule has 5 nitrogen and oxygen atoms in total. The average Bonchev–Trinajstić information content (AvgIpc) is 2.37. The molecule has 122 valence electrons. The van der Waals surface area contributed by atoms with Crippen LogP contribution in [0.15, 0.2) is 28.7 Å². The van der Waals surface area contributed by atoms with E-state index < -0.39 is 23.2 Å². The number of nitrogens with zero attached hydrogens (tertiary/aromatic N) is 1. The monoisotopic (exact) mass is 371 g/mol. The molecule has 1 amide bonds. The molecule has 0 saturated carbocycles. The van der Waals surface area contributed by atoms with Crippen molar-refractivity contribution in [2.24, 2.45) is 0 Å². The first-order valence-corrected chi connectivity index (χ1v) is 7.80. The van der Waals surface area contributed by atoms with Crippen LogP contribution in [-0.4, -0.2) is 34.7 Å². The number of benzene rings is 1. The number of aliphatic carboxylic acids is 1. The van der Waals surface area contributed by atoms with Gasteiger partial charge in [0.1, 0.15) is 5.60 Å². The van der Waals surface area contributed by atoms with E-state index in [2.05, 4.69) is 15.9 Å². The topological polar surface area (TPSA) is 66.8 Å². The molecule has 0 aliphatic rings. The van der Waals surface area contributed by atoms with E-state index in [1.807, 2.05) is 0 Å². The van der Waals surface area contributed by atoms with E-state index >= 15 is 0 Å². The summed E-state index contributed by atoms with van der Waals surface area (Å²) in [6, 6.07) is 6.96. The van der Waals surface area contributed by atoms with Crippen molar-refractivity contribution in [3.63, 3.8) is 0 Å². The molecule has 6 heteroatoms. The lowest BCUT2D eigenvalue weighted by Crippen LogP contribution is -2.53. The fourth-order valence-corrected chi connectivity index (χ4v) is 2.68. The van der Waals surface area contributed by atoms with Crippen LogP contribution < -0.4 is 0 Å². The molecule has 0 bridgehead atoms. The number of ether oxygens (including phenoxy) is 1. The van der Waals surface area contributed by atoms with Crippen LogP contribution in [-0.2, 0) is 15.1 Å². The van der Waals surface area contributed by atoms with E-state index in [1.165, 1.54) is 7.05 Å². The first-order valence-electron chi connectivity index (χ1n) is 7.01. The highest BCUT2D eigenvalue weighted by atomic mass is 79.9. The molecule has 0 aliphatic heterocycles. The third-order valence-corrected chi connectivity index (χ3v) is 3.90. The molecule has 0 heterocycles. The number of carboxylic acid groups (broad SMARTS) is 1. The number of likely N-dealkylation sites (N-methyl/N-ethyl adjacent to an activating group) is 1. The van der Waals surface area contributed by atoms with E-state index in [0.717, 1.165) is 9.37 Å². The molecule has 0 fully saturated rings.